The van der Waals surface area contributed by atoms with Crippen LogP contribution in [0.4, 0.5) is 0 Å². The lowest BCUT2D eigenvalue weighted by Gasteiger charge is -2.10. The molecule has 0 atom stereocenters. The number of aromatic nitrogens is 1. The van der Waals surface area contributed by atoms with Gasteiger partial charge in [0.05, 0.1) is 0 Å². The van der Waals surface area contributed by atoms with E-state index in [1.165, 1.54) is 5.56 Å². The van der Waals surface area contributed by atoms with Gasteiger partial charge in [-0.2, -0.15) is 0 Å². The molecule has 0 bridgehead atoms. The van der Waals surface area contributed by atoms with E-state index in [4.69, 9.17) is 16.3 Å². The highest BCUT2D eigenvalue weighted by Crippen LogP contribution is 2.17. The molecule has 1 aromatic heterocycles. The Morgan fingerprint density at radius 2 is 1.71 bits per heavy atom. The molecule has 122 valence electrons. The second-order valence-electron chi connectivity index (χ2n) is 5.75. The first kappa shape index (κ1) is 16.3. The monoisotopic (exact) mass is 339 g/mol. The van der Waals surface area contributed by atoms with E-state index in [0.29, 0.717) is 11.6 Å². The van der Waals surface area contributed by atoms with Gasteiger partial charge >= 0.3 is 0 Å². The predicted molar refractivity (Wildman–Crippen MR) is 97.3 cm³/mol. The van der Waals surface area contributed by atoms with E-state index >= 15 is 0 Å². The molecule has 0 aliphatic heterocycles. The number of hydrogen-bond donors (Lipinski definition) is 0. The Kier molecular flexibility index (Phi) is 4.72. The highest BCUT2D eigenvalue weighted by molar-refractivity contribution is 6.30. The van der Waals surface area contributed by atoms with E-state index in [9.17, 15) is 4.79 Å². The minimum atomic E-state index is -0.0736. The summed E-state index contributed by atoms with van der Waals surface area (Å²) in [6.07, 6.45) is 1.78. The van der Waals surface area contributed by atoms with E-state index in [1.54, 1.807) is 41.1 Å². The van der Waals surface area contributed by atoms with Crippen LogP contribution in [-0.2, 0) is 6.61 Å². The van der Waals surface area contributed by atoms with Gasteiger partial charge in [-0.3, -0.25) is 9.36 Å². The zero-order valence-corrected chi connectivity index (χ0v) is 14.4. The standard InChI is InChI=1S/C20H18ClNO2/c1-14-3-6-18(11-15(14)2)22-10-9-16(12-20(22)23)13-24-19-7-4-17(21)5-8-19/h3-12H,13H2,1-2H3. The number of ether oxygens (including phenoxy) is 1. The largest absolute Gasteiger partial charge is 0.489 e. The fourth-order valence-corrected chi connectivity index (χ4v) is 2.52. The average Bonchev–Trinajstić information content (AvgIpc) is 2.57. The maximum absolute atomic E-state index is 12.4. The molecule has 3 nitrogen and oxygen atoms in total. The first-order valence-corrected chi connectivity index (χ1v) is 8.08. The van der Waals surface area contributed by atoms with Crippen molar-refractivity contribution in [2.75, 3.05) is 0 Å². The Labute approximate surface area is 146 Å². The van der Waals surface area contributed by atoms with E-state index in [1.807, 2.05) is 31.2 Å². The lowest BCUT2D eigenvalue weighted by molar-refractivity contribution is 0.306. The van der Waals surface area contributed by atoms with Crippen LogP contribution < -0.4 is 10.3 Å². The van der Waals surface area contributed by atoms with Crippen molar-refractivity contribution in [3.05, 3.63) is 92.9 Å². The number of aryl methyl sites for hydroxylation is 2. The van der Waals surface area contributed by atoms with Crippen LogP contribution >= 0.6 is 11.6 Å². The molecule has 0 fully saturated rings. The number of pyridine rings is 1. The van der Waals surface area contributed by atoms with E-state index in [-0.39, 0.29) is 5.56 Å². The molecule has 0 aliphatic rings. The molecular weight excluding hydrogens is 322 g/mol. The highest BCUT2D eigenvalue weighted by Gasteiger charge is 2.04. The smallest absolute Gasteiger partial charge is 0.255 e. The first-order valence-electron chi connectivity index (χ1n) is 7.70. The number of benzene rings is 2. The summed E-state index contributed by atoms with van der Waals surface area (Å²) in [5, 5.41) is 0.665. The molecule has 0 aliphatic carbocycles. The van der Waals surface area contributed by atoms with Crippen molar-refractivity contribution in [2.24, 2.45) is 0 Å². The molecule has 4 heteroatoms. The van der Waals surface area contributed by atoms with Crippen molar-refractivity contribution in [1.29, 1.82) is 0 Å². The van der Waals surface area contributed by atoms with E-state index in [2.05, 4.69) is 6.92 Å². The summed E-state index contributed by atoms with van der Waals surface area (Å²) in [4.78, 5) is 12.4. The molecule has 0 spiro atoms. The molecule has 0 saturated carbocycles. The molecular formula is C20H18ClNO2. The SMILES string of the molecule is Cc1ccc(-n2ccc(COc3ccc(Cl)cc3)cc2=O)cc1C. The Morgan fingerprint density at radius 3 is 2.38 bits per heavy atom. The second-order valence-corrected chi connectivity index (χ2v) is 6.19. The third kappa shape index (κ3) is 3.69. The third-order valence-corrected chi connectivity index (χ3v) is 4.22. The minimum absolute atomic E-state index is 0.0736. The molecule has 3 aromatic rings. The zero-order chi connectivity index (χ0) is 17.1. The topological polar surface area (TPSA) is 31.2 Å². The van der Waals surface area contributed by atoms with Crippen LogP contribution in [0.3, 0.4) is 0 Å². The quantitative estimate of drug-likeness (QED) is 0.690. The summed E-state index contributed by atoms with van der Waals surface area (Å²) < 4.78 is 7.31. The van der Waals surface area contributed by atoms with Gasteiger partial charge in [0.15, 0.2) is 0 Å². The van der Waals surface area contributed by atoms with Crippen molar-refractivity contribution >= 4 is 11.6 Å². The minimum Gasteiger partial charge on any atom is -0.489 e. The predicted octanol–water partition coefficient (Wildman–Crippen LogP) is 4.69. The summed E-state index contributed by atoms with van der Waals surface area (Å²) in [6.45, 7) is 4.43. The molecule has 1 heterocycles. The molecule has 2 aromatic carbocycles. The third-order valence-electron chi connectivity index (χ3n) is 3.97. The average molecular weight is 340 g/mol. The lowest BCUT2D eigenvalue weighted by atomic mass is 10.1. The lowest BCUT2D eigenvalue weighted by Crippen LogP contribution is -2.18. The molecule has 0 N–H and O–H groups in total. The van der Waals surface area contributed by atoms with Crippen LogP contribution in [-0.4, -0.2) is 4.57 Å². The van der Waals surface area contributed by atoms with E-state index < -0.39 is 0 Å². The number of rotatable bonds is 4. The first-order chi connectivity index (χ1) is 11.5. The van der Waals surface area contributed by atoms with Crippen LogP contribution in [0, 0.1) is 13.8 Å². The van der Waals surface area contributed by atoms with Gasteiger partial charge in [0.25, 0.3) is 5.56 Å². The Balaban J connectivity index is 1.78. The van der Waals surface area contributed by atoms with Gasteiger partial charge in [-0.1, -0.05) is 17.7 Å². The summed E-state index contributed by atoms with van der Waals surface area (Å²) in [7, 11) is 0. The molecule has 0 saturated heterocycles. The molecule has 0 radical (unpaired) electrons. The fourth-order valence-electron chi connectivity index (χ4n) is 2.40. The number of nitrogens with zero attached hydrogens (tertiary/aromatic N) is 1. The van der Waals surface area contributed by atoms with Crippen molar-refractivity contribution in [3.63, 3.8) is 0 Å². The maximum atomic E-state index is 12.4. The van der Waals surface area contributed by atoms with E-state index in [0.717, 1.165) is 22.6 Å². The van der Waals surface area contributed by atoms with Gasteiger partial charge in [-0.25, -0.2) is 0 Å². The Bertz CT molecular complexity index is 914. The molecule has 0 amide bonds. The van der Waals surface area contributed by atoms with Crippen LogP contribution in [0.15, 0.2) is 65.6 Å². The van der Waals surface area contributed by atoms with Crippen LogP contribution in [0.2, 0.25) is 5.02 Å². The second kappa shape index (κ2) is 6.93. The Hall–Kier alpha value is -2.52. The van der Waals surface area contributed by atoms with Gasteiger partial charge in [-0.15, -0.1) is 0 Å². The van der Waals surface area contributed by atoms with Crippen molar-refractivity contribution in [3.8, 4) is 11.4 Å². The van der Waals surface area contributed by atoms with Crippen LogP contribution in [0.25, 0.3) is 5.69 Å². The zero-order valence-electron chi connectivity index (χ0n) is 13.6. The summed E-state index contributed by atoms with van der Waals surface area (Å²) in [5.41, 5.74) is 3.99. The number of hydrogen-bond acceptors (Lipinski definition) is 2. The number of halogens is 1. The van der Waals surface area contributed by atoms with Gasteiger partial charge in [0, 0.05) is 23.0 Å². The summed E-state index contributed by atoms with van der Waals surface area (Å²) in [5.74, 6) is 0.720. The Morgan fingerprint density at radius 1 is 0.958 bits per heavy atom. The fraction of sp³-hybridized carbons (Fsp3) is 0.150. The molecule has 3 rings (SSSR count). The van der Waals surface area contributed by atoms with Gasteiger partial charge in [0.2, 0.25) is 0 Å². The van der Waals surface area contributed by atoms with Crippen molar-refractivity contribution < 1.29 is 4.74 Å². The van der Waals surface area contributed by atoms with Crippen LogP contribution in [0.1, 0.15) is 16.7 Å². The molecule has 24 heavy (non-hydrogen) atoms. The summed E-state index contributed by atoms with van der Waals surface area (Å²) in [6, 6.07) is 16.6. The van der Waals surface area contributed by atoms with Crippen molar-refractivity contribution in [2.45, 2.75) is 20.5 Å². The van der Waals surface area contributed by atoms with Crippen molar-refractivity contribution in [1.82, 2.24) is 4.57 Å². The molecule has 0 unspecified atom stereocenters. The van der Waals surface area contributed by atoms with Crippen LogP contribution in [0.5, 0.6) is 5.75 Å². The summed E-state index contributed by atoms with van der Waals surface area (Å²) >= 11 is 5.85. The highest BCUT2D eigenvalue weighted by atomic mass is 35.5. The normalized spacial score (nSPS) is 10.6. The van der Waals surface area contributed by atoms with Gasteiger partial charge in [-0.05, 0) is 73.0 Å². The van der Waals surface area contributed by atoms with Gasteiger partial charge < -0.3 is 4.74 Å². The van der Waals surface area contributed by atoms with Gasteiger partial charge in [0.1, 0.15) is 12.4 Å². The maximum Gasteiger partial charge on any atom is 0.255 e.